The van der Waals surface area contributed by atoms with E-state index < -0.39 is 11.9 Å². The van der Waals surface area contributed by atoms with E-state index in [0.717, 1.165) is 0 Å². The van der Waals surface area contributed by atoms with Crippen molar-refractivity contribution in [3.05, 3.63) is 71.5 Å². The number of carbonyl (C=O) groups excluding carboxylic acids is 3. The lowest BCUT2D eigenvalue weighted by molar-refractivity contribution is -0.125. The number of piperidine rings is 1. The minimum absolute atomic E-state index is 0.0450. The van der Waals surface area contributed by atoms with Crippen LogP contribution in [-0.2, 0) is 4.79 Å². The van der Waals surface area contributed by atoms with Crippen LogP contribution in [0.1, 0.15) is 54.3 Å². The lowest BCUT2D eigenvalue weighted by Gasteiger charge is -2.36. The van der Waals surface area contributed by atoms with Crippen LogP contribution < -0.4 is 10.6 Å². The Kier molecular flexibility index (Phi) is 8.20. The molecule has 0 aromatic heterocycles. The Morgan fingerprint density at radius 1 is 0.909 bits per heavy atom. The fourth-order valence-corrected chi connectivity index (χ4v) is 3.93. The third kappa shape index (κ3) is 6.18. The van der Waals surface area contributed by atoms with Crippen LogP contribution in [0, 0.1) is 17.7 Å². The number of benzene rings is 2. The van der Waals surface area contributed by atoms with Crippen molar-refractivity contribution in [3.8, 4) is 0 Å². The number of nitrogens with zero attached hydrogens (tertiary/aromatic N) is 1. The molecule has 1 aliphatic rings. The molecule has 0 unspecified atom stereocenters. The maximum atomic E-state index is 14.0. The van der Waals surface area contributed by atoms with Gasteiger partial charge in [-0.1, -0.05) is 44.2 Å². The molecule has 7 heteroatoms. The molecular weight excluding hydrogens is 421 g/mol. The molecule has 0 bridgehead atoms. The first kappa shape index (κ1) is 24.4. The molecule has 2 aromatic rings. The minimum atomic E-state index is -0.718. The van der Waals surface area contributed by atoms with E-state index in [9.17, 15) is 18.8 Å². The van der Waals surface area contributed by atoms with Crippen LogP contribution in [0.4, 0.5) is 4.39 Å². The molecule has 2 aromatic carbocycles. The zero-order chi connectivity index (χ0) is 24.0. The molecule has 1 saturated heterocycles. The highest BCUT2D eigenvalue weighted by Crippen LogP contribution is 2.24. The van der Waals surface area contributed by atoms with Gasteiger partial charge >= 0.3 is 0 Å². The number of carbonyl (C=O) groups is 3. The maximum absolute atomic E-state index is 14.0. The molecule has 0 saturated carbocycles. The van der Waals surface area contributed by atoms with Gasteiger partial charge in [0.1, 0.15) is 11.9 Å². The number of likely N-dealkylation sites (tertiary alicyclic amines) is 1. The van der Waals surface area contributed by atoms with Gasteiger partial charge in [-0.2, -0.15) is 0 Å². The fourth-order valence-electron chi connectivity index (χ4n) is 3.93. The smallest absolute Gasteiger partial charge is 0.256 e. The summed E-state index contributed by atoms with van der Waals surface area (Å²) >= 11 is 0. The molecule has 0 spiro atoms. The zero-order valence-corrected chi connectivity index (χ0v) is 19.4. The number of hydrogen-bond donors (Lipinski definition) is 2. The number of amides is 3. The van der Waals surface area contributed by atoms with Crippen molar-refractivity contribution in [2.75, 3.05) is 13.1 Å². The van der Waals surface area contributed by atoms with Gasteiger partial charge in [-0.05, 0) is 55.9 Å². The van der Waals surface area contributed by atoms with Crippen molar-refractivity contribution in [2.24, 2.45) is 11.8 Å². The highest BCUT2D eigenvalue weighted by atomic mass is 19.1. The molecule has 0 aliphatic carbocycles. The van der Waals surface area contributed by atoms with Gasteiger partial charge in [0.2, 0.25) is 5.91 Å². The molecule has 3 rings (SSSR count). The van der Waals surface area contributed by atoms with Gasteiger partial charge in [-0.3, -0.25) is 14.4 Å². The fraction of sp³-hybridized carbons (Fsp3) is 0.423. The van der Waals surface area contributed by atoms with Crippen LogP contribution in [0.2, 0.25) is 0 Å². The molecule has 3 amide bonds. The Morgan fingerprint density at radius 3 is 2.12 bits per heavy atom. The summed E-state index contributed by atoms with van der Waals surface area (Å²) in [5, 5.41) is 5.93. The van der Waals surface area contributed by atoms with Gasteiger partial charge < -0.3 is 15.5 Å². The van der Waals surface area contributed by atoms with E-state index in [1.165, 1.54) is 12.1 Å². The quantitative estimate of drug-likeness (QED) is 0.672. The molecular formula is C26H32FN3O3. The lowest BCUT2D eigenvalue weighted by Crippen LogP contribution is -2.55. The predicted molar refractivity (Wildman–Crippen MR) is 125 cm³/mol. The summed E-state index contributed by atoms with van der Waals surface area (Å²) in [6, 6.07) is 14.0. The number of halogens is 1. The Bertz CT molecular complexity index is 972. The predicted octanol–water partition coefficient (Wildman–Crippen LogP) is 3.64. The summed E-state index contributed by atoms with van der Waals surface area (Å²) in [6.45, 7) is 6.77. The number of nitrogens with one attached hydrogen (secondary N) is 2. The van der Waals surface area contributed by atoms with Crippen molar-refractivity contribution < 1.29 is 18.8 Å². The van der Waals surface area contributed by atoms with Crippen molar-refractivity contribution in [1.82, 2.24) is 15.5 Å². The number of rotatable bonds is 7. The first-order valence-corrected chi connectivity index (χ1v) is 11.5. The maximum Gasteiger partial charge on any atom is 0.256 e. The van der Waals surface area contributed by atoms with Crippen LogP contribution in [0.25, 0.3) is 0 Å². The van der Waals surface area contributed by atoms with Crippen molar-refractivity contribution in [2.45, 2.75) is 45.7 Å². The minimum Gasteiger partial charge on any atom is -0.352 e. The number of hydrogen-bond acceptors (Lipinski definition) is 3. The Hall–Kier alpha value is -3.22. The molecule has 6 nitrogen and oxygen atoms in total. The Labute approximate surface area is 194 Å². The SMILES string of the molecule is CC(C)[C@@H](C)NC(=O)[C@@H](NC(=O)c1ccccc1)C1CCN(C(=O)c2ccccc2F)CC1. The summed E-state index contributed by atoms with van der Waals surface area (Å²) in [5.74, 6) is -1.31. The third-order valence-electron chi connectivity index (χ3n) is 6.38. The largest absolute Gasteiger partial charge is 0.352 e. The summed E-state index contributed by atoms with van der Waals surface area (Å²) in [5.41, 5.74) is 0.535. The normalized spacial score (nSPS) is 16.2. The van der Waals surface area contributed by atoms with E-state index in [4.69, 9.17) is 0 Å². The molecule has 1 heterocycles. The van der Waals surface area contributed by atoms with E-state index in [1.54, 1.807) is 41.3 Å². The van der Waals surface area contributed by atoms with Crippen LogP contribution in [0.15, 0.2) is 54.6 Å². The molecule has 176 valence electrons. The first-order valence-electron chi connectivity index (χ1n) is 11.5. The molecule has 33 heavy (non-hydrogen) atoms. The highest BCUT2D eigenvalue weighted by molar-refractivity contribution is 5.97. The van der Waals surface area contributed by atoms with Crippen molar-refractivity contribution >= 4 is 17.7 Å². The monoisotopic (exact) mass is 453 g/mol. The second kappa shape index (κ2) is 11.1. The molecule has 0 radical (unpaired) electrons. The van der Waals surface area contributed by atoms with E-state index in [0.29, 0.717) is 31.5 Å². The van der Waals surface area contributed by atoms with Crippen LogP contribution >= 0.6 is 0 Å². The summed E-state index contributed by atoms with van der Waals surface area (Å²) in [7, 11) is 0. The van der Waals surface area contributed by atoms with E-state index in [-0.39, 0.29) is 41.2 Å². The molecule has 1 fully saturated rings. The molecule has 2 atom stereocenters. The highest BCUT2D eigenvalue weighted by Gasteiger charge is 2.35. The lowest BCUT2D eigenvalue weighted by atomic mass is 9.87. The first-order chi connectivity index (χ1) is 15.8. The average Bonchev–Trinajstić information content (AvgIpc) is 2.82. The Balaban J connectivity index is 1.71. The van der Waals surface area contributed by atoms with Gasteiger partial charge in [0, 0.05) is 24.7 Å². The second-order valence-electron chi connectivity index (χ2n) is 8.97. The van der Waals surface area contributed by atoms with Gasteiger partial charge in [-0.25, -0.2) is 4.39 Å². The van der Waals surface area contributed by atoms with Crippen LogP contribution in [-0.4, -0.2) is 47.8 Å². The van der Waals surface area contributed by atoms with Gasteiger partial charge in [0.25, 0.3) is 11.8 Å². The van der Waals surface area contributed by atoms with Crippen molar-refractivity contribution in [3.63, 3.8) is 0 Å². The summed E-state index contributed by atoms with van der Waals surface area (Å²) in [6.07, 6.45) is 1.06. The topological polar surface area (TPSA) is 78.5 Å². The summed E-state index contributed by atoms with van der Waals surface area (Å²) in [4.78, 5) is 40.3. The second-order valence-corrected chi connectivity index (χ2v) is 8.97. The van der Waals surface area contributed by atoms with Crippen LogP contribution in [0.5, 0.6) is 0 Å². The van der Waals surface area contributed by atoms with E-state index in [1.807, 2.05) is 26.8 Å². The third-order valence-corrected chi connectivity index (χ3v) is 6.38. The van der Waals surface area contributed by atoms with Gasteiger partial charge in [0.15, 0.2) is 0 Å². The average molecular weight is 454 g/mol. The van der Waals surface area contributed by atoms with E-state index >= 15 is 0 Å². The molecule has 2 N–H and O–H groups in total. The standard InChI is InChI=1S/C26H32FN3O3/c1-17(2)18(3)28-25(32)23(29-24(31)20-9-5-4-6-10-20)19-13-15-30(16-14-19)26(33)21-11-7-8-12-22(21)27/h4-12,17-19,23H,13-16H2,1-3H3,(H,28,32)(H,29,31)/t18-,23+/m1/s1. The zero-order valence-electron chi connectivity index (χ0n) is 19.4. The summed E-state index contributed by atoms with van der Waals surface area (Å²) < 4.78 is 14.0. The van der Waals surface area contributed by atoms with Crippen molar-refractivity contribution in [1.29, 1.82) is 0 Å². The van der Waals surface area contributed by atoms with Gasteiger partial charge in [-0.15, -0.1) is 0 Å². The Morgan fingerprint density at radius 2 is 1.52 bits per heavy atom. The molecule has 1 aliphatic heterocycles. The van der Waals surface area contributed by atoms with Crippen LogP contribution in [0.3, 0.4) is 0 Å². The van der Waals surface area contributed by atoms with Gasteiger partial charge in [0.05, 0.1) is 5.56 Å². The van der Waals surface area contributed by atoms with E-state index in [2.05, 4.69) is 10.6 Å².